The molecule has 0 amide bonds. The monoisotopic (exact) mass is 250 g/mol. The third-order valence-electron chi connectivity index (χ3n) is 1.01. The second-order valence-corrected chi connectivity index (χ2v) is 4.90. The van der Waals surface area contributed by atoms with Crippen molar-refractivity contribution in [1.82, 2.24) is 0 Å². The topological polar surface area (TPSA) is 154 Å². The number of nitrogens with two attached hydrogens (primary N) is 2. The zero-order valence-electron chi connectivity index (χ0n) is 7.97. The fourth-order valence-electron chi connectivity index (χ4n) is 0.582. The maximum atomic E-state index is 9.27. The van der Waals surface area contributed by atoms with E-state index >= 15 is 0 Å². The fraction of sp³-hybridized carbons (Fsp3) is 1.00. The summed E-state index contributed by atoms with van der Waals surface area (Å²) in [6.07, 6.45) is -0.191. The average Bonchev–Trinajstić information content (AvgIpc) is 1.85. The van der Waals surface area contributed by atoms with Crippen molar-refractivity contribution in [1.29, 1.82) is 0 Å². The smallest absolute Gasteiger partial charge is 0.326 e. The van der Waals surface area contributed by atoms with Crippen LogP contribution in [0.5, 0.6) is 0 Å². The average molecular weight is 250 g/mol. The Morgan fingerprint density at radius 1 is 1.50 bits per heavy atom. The Morgan fingerprint density at radius 2 is 2.00 bits per heavy atom. The van der Waals surface area contributed by atoms with Gasteiger partial charge < -0.3 is 31.8 Å². The molecule has 7 nitrogen and oxygen atoms in total. The van der Waals surface area contributed by atoms with E-state index in [1.165, 1.54) is 0 Å². The van der Waals surface area contributed by atoms with Crippen molar-refractivity contribution in [2.24, 2.45) is 11.5 Å². The van der Waals surface area contributed by atoms with E-state index in [2.05, 4.69) is 11.8 Å². The zero-order chi connectivity index (χ0) is 9.61. The largest absolute Gasteiger partial charge is 0.412 e. The lowest BCUT2D eigenvalue weighted by molar-refractivity contribution is 0.143. The highest BCUT2D eigenvalue weighted by Gasteiger charge is 2.17. The number of hydrogen-bond acceptors (Lipinski definition) is 5. The molecule has 0 heterocycles. The summed E-state index contributed by atoms with van der Waals surface area (Å²) in [5, 5.41) is 0. The lowest BCUT2D eigenvalue weighted by Crippen LogP contribution is -2.26. The molecule has 0 aliphatic carbocycles. The molecule has 0 aliphatic heterocycles. The van der Waals surface area contributed by atoms with Crippen molar-refractivity contribution in [3.05, 3.63) is 0 Å². The Hall–Kier alpha value is 0.370. The molecule has 2 atom stereocenters. The third-order valence-corrected chi connectivity index (χ3v) is 2.71. The van der Waals surface area contributed by atoms with Crippen LogP contribution >= 0.6 is 6.72 Å². The van der Waals surface area contributed by atoms with Gasteiger partial charge in [-0.05, 0) is 31.7 Å². The van der Waals surface area contributed by atoms with Crippen molar-refractivity contribution in [3.8, 4) is 0 Å². The molecular weight excluding hydrogens is 231 g/mol. The molecule has 0 aromatic rings. The summed E-state index contributed by atoms with van der Waals surface area (Å²) < 4.78 is 9.66. The molecule has 9 heteroatoms. The van der Waals surface area contributed by atoms with Gasteiger partial charge in [-0.25, -0.2) is 0 Å². The molecule has 0 saturated carbocycles. The predicted molar refractivity (Wildman–Crippen MR) is 58.1 cm³/mol. The van der Waals surface area contributed by atoms with Crippen LogP contribution in [0.2, 0.25) is 0 Å². The first kappa shape index (κ1) is 19.9. The first-order chi connectivity index (χ1) is 5.52. The second-order valence-electron chi connectivity index (χ2n) is 2.11. The maximum absolute atomic E-state index is 9.27. The van der Waals surface area contributed by atoms with E-state index in [4.69, 9.17) is 20.5 Å². The summed E-state index contributed by atoms with van der Waals surface area (Å²) >= 11 is 4.63. The molecule has 0 saturated heterocycles. The van der Waals surface area contributed by atoms with Crippen LogP contribution in [0.15, 0.2) is 0 Å². The molecule has 0 aromatic carbocycles. The van der Waals surface area contributed by atoms with Crippen molar-refractivity contribution < 1.29 is 24.9 Å². The highest BCUT2D eigenvalue weighted by molar-refractivity contribution is 8.07. The maximum Gasteiger partial charge on any atom is 0.326 e. The summed E-state index contributed by atoms with van der Waals surface area (Å²) in [6.45, 7) is -0.708. The van der Waals surface area contributed by atoms with Crippen LogP contribution in [-0.2, 0) is 20.9 Å². The molecule has 0 radical (unpaired) electrons. The van der Waals surface area contributed by atoms with E-state index in [9.17, 15) is 4.89 Å². The molecule has 0 aromatic heterocycles. The van der Waals surface area contributed by atoms with Crippen LogP contribution < -0.4 is 11.5 Å². The van der Waals surface area contributed by atoms with E-state index in [0.29, 0.717) is 19.6 Å². The van der Waals surface area contributed by atoms with Gasteiger partial charge in [-0.1, -0.05) is 0 Å². The van der Waals surface area contributed by atoms with Gasteiger partial charge in [0.05, 0.1) is 6.61 Å². The van der Waals surface area contributed by atoms with Crippen LogP contribution in [0.1, 0.15) is 13.3 Å². The van der Waals surface area contributed by atoms with Crippen molar-refractivity contribution in [2.45, 2.75) is 19.6 Å². The summed E-state index contributed by atoms with van der Waals surface area (Å²) in [5.74, 6) is 0. The molecule has 0 aliphatic rings. The SMILES string of the molecule is CCOP(O)(=S)OC(N)CCN.O.O. The van der Waals surface area contributed by atoms with Gasteiger partial charge in [0.1, 0.15) is 6.23 Å². The van der Waals surface area contributed by atoms with E-state index in [1.807, 2.05) is 0 Å². The van der Waals surface area contributed by atoms with Crippen molar-refractivity contribution >= 4 is 18.5 Å². The van der Waals surface area contributed by atoms with E-state index in [0.717, 1.165) is 0 Å². The molecule has 9 N–H and O–H groups in total. The summed E-state index contributed by atoms with van der Waals surface area (Å²) in [5.41, 5.74) is 10.6. The van der Waals surface area contributed by atoms with Gasteiger partial charge in [0.15, 0.2) is 0 Å². The van der Waals surface area contributed by atoms with Gasteiger partial charge >= 0.3 is 6.72 Å². The Kier molecular flexibility index (Phi) is 14.1. The predicted octanol–water partition coefficient (Wildman–Crippen LogP) is -1.76. The minimum Gasteiger partial charge on any atom is -0.412 e. The van der Waals surface area contributed by atoms with Crippen LogP contribution in [0.4, 0.5) is 0 Å². The van der Waals surface area contributed by atoms with Gasteiger partial charge in [0, 0.05) is 0 Å². The Morgan fingerprint density at radius 3 is 2.36 bits per heavy atom. The Bertz CT molecular complexity index is 172. The van der Waals surface area contributed by atoms with Crippen LogP contribution in [-0.4, -0.2) is 35.2 Å². The first-order valence-corrected chi connectivity index (χ1v) is 6.22. The minimum atomic E-state index is -3.13. The summed E-state index contributed by atoms with van der Waals surface area (Å²) in [7, 11) is 0. The molecule has 0 rings (SSSR count). The van der Waals surface area contributed by atoms with Gasteiger partial charge in [-0.15, -0.1) is 0 Å². The van der Waals surface area contributed by atoms with E-state index in [1.54, 1.807) is 6.92 Å². The van der Waals surface area contributed by atoms with Crippen LogP contribution in [0.25, 0.3) is 0 Å². The molecule has 14 heavy (non-hydrogen) atoms. The Labute approximate surface area is 88.2 Å². The zero-order valence-corrected chi connectivity index (χ0v) is 9.68. The third kappa shape index (κ3) is 10.5. The molecule has 2 unspecified atom stereocenters. The van der Waals surface area contributed by atoms with Crippen LogP contribution in [0.3, 0.4) is 0 Å². The standard InChI is InChI=1S/C5H15N2O3PS.2H2O/c1-2-9-11(8,12)10-5(7)3-4-6;;/h5H,2-4,6-7H2,1H3,(H,8,12);2*1H2. The molecule has 90 valence electrons. The highest BCUT2D eigenvalue weighted by Crippen LogP contribution is 2.44. The number of rotatable bonds is 6. The fourth-order valence-corrected chi connectivity index (χ4v) is 2.06. The normalized spacial score (nSPS) is 16.0. The van der Waals surface area contributed by atoms with Gasteiger partial charge in [-0.3, -0.25) is 4.52 Å². The minimum absolute atomic E-state index is 0. The van der Waals surface area contributed by atoms with Crippen molar-refractivity contribution in [3.63, 3.8) is 0 Å². The first-order valence-electron chi connectivity index (χ1n) is 3.63. The molecular formula is C5H19N2O5PS. The lowest BCUT2D eigenvalue weighted by Gasteiger charge is -2.18. The second kappa shape index (κ2) is 9.91. The van der Waals surface area contributed by atoms with Crippen molar-refractivity contribution in [2.75, 3.05) is 13.2 Å². The Balaban J connectivity index is -0.000000605. The molecule has 0 bridgehead atoms. The van der Waals surface area contributed by atoms with Gasteiger partial charge in [0.2, 0.25) is 0 Å². The van der Waals surface area contributed by atoms with E-state index < -0.39 is 12.9 Å². The summed E-state index contributed by atoms with van der Waals surface area (Å²) in [4.78, 5) is 9.27. The van der Waals surface area contributed by atoms with E-state index in [-0.39, 0.29) is 11.0 Å². The van der Waals surface area contributed by atoms with Gasteiger partial charge in [0.25, 0.3) is 0 Å². The molecule has 0 fully saturated rings. The van der Waals surface area contributed by atoms with Crippen LogP contribution in [0, 0.1) is 0 Å². The number of hydrogen-bond donors (Lipinski definition) is 3. The summed E-state index contributed by atoms with van der Waals surface area (Å²) in [6, 6.07) is 0. The van der Waals surface area contributed by atoms with Gasteiger partial charge in [-0.2, -0.15) is 0 Å². The molecule has 0 spiro atoms. The lowest BCUT2D eigenvalue weighted by atomic mass is 10.4. The highest BCUT2D eigenvalue weighted by atomic mass is 32.5. The quantitative estimate of drug-likeness (QED) is 0.375.